The van der Waals surface area contributed by atoms with E-state index in [1.165, 1.54) is 40.5 Å². The largest absolute Gasteiger partial charge is 0.312 e. The summed E-state index contributed by atoms with van der Waals surface area (Å²) in [6, 6.07) is 12.9. The lowest BCUT2D eigenvalue weighted by Gasteiger charge is -2.08. The number of hydrogen-bond acceptors (Lipinski definition) is 3. The van der Waals surface area contributed by atoms with Gasteiger partial charge >= 0.3 is 0 Å². The normalized spacial score (nSPS) is 18.8. The fourth-order valence-corrected chi connectivity index (χ4v) is 4.55. The van der Waals surface area contributed by atoms with Crippen molar-refractivity contribution >= 4 is 23.1 Å². The highest BCUT2D eigenvalue weighted by Gasteiger charge is 2.14. The highest BCUT2D eigenvalue weighted by Crippen LogP contribution is 2.26. The van der Waals surface area contributed by atoms with Crippen molar-refractivity contribution in [1.82, 2.24) is 5.32 Å². The van der Waals surface area contributed by atoms with Crippen LogP contribution in [0.4, 0.5) is 0 Å². The summed E-state index contributed by atoms with van der Waals surface area (Å²) in [5.41, 5.74) is 2.66. The van der Waals surface area contributed by atoms with Crippen LogP contribution in [0.2, 0.25) is 0 Å². The molecule has 0 saturated carbocycles. The Morgan fingerprint density at radius 1 is 1.16 bits per heavy atom. The molecule has 1 aromatic carbocycles. The zero-order chi connectivity index (χ0) is 12.9. The first kappa shape index (κ1) is 13.2. The van der Waals surface area contributed by atoms with Crippen molar-refractivity contribution < 1.29 is 0 Å². The third kappa shape index (κ3) is 3.62. The van der Waals surface area contributed by atoms with Gasteiger partial charge in [0.1, 0.15) is 0 Å². The van der Waals surface area contributed by atoms with Crippen LogP contribution < -0.4 is 5.32 Å². The summed E-state index contributed by atoms with van der Waals surface area (Å²) in [5.74, 6) is 3.58. The van der Waals surface area contributed by atoms with E-state index in [4.69, 9.17) is 0 Å². The van der Waals surface area contributed by atoms with Crippen LogP contribution >= 0.6 is 23.1 Å². The SMILES string of the molecule is c1ccc(-c2csc(CNCC3CCSC3)c2)cc1. The van der Waals surface area contributed by atoms with Crippen molar-refractivity contribution in [2.24, 2.45) is 5.92 Å². The first-order valence-electron chi connectivity index (χ1n) is 6.83. The second-order valence-corrected chi connectivity index (χ2v) is 7.17. The molecule has 1 N–H and O–H groups in total. The molecule has 100 valence electrons. The van der Waals surface area contributed by atoms with Gasteiger partial charge in [-0.05, 0) is 53.0 Å². The molecule has 1 fully saturated rings. The van der Waals surface area contributed by atoms with Gasteiger partial charge in [0.05, 0.1) is 0 Å². The molecule has 1 nitrogen and oxygen atoms in total. The summed E-state index contributed by atoms with van der Waals surface area (Å²) in [5, 5.41) is 5.87. The van der Waals surface area contributed by atoms with Gasteiger partial charge in [0, 0.05) is 11.4 Å². The van der Waals surface area contributed by atoms with Crippen LogP contribution in [0.1, 0.15) is 11.3 Å². The molecule has 1 aliphatic heterocycles. The molecule has 1 unspecified atom stereocenters. The van der Waals surface area contributed by atoms with Crippen LogP contribution in [0, 0.1) is 5.92 Å². The first-order valence-corrected chi connectivity index (χ1v) is 8.86. The highest BCUT2D eigenvalue weighted by molar-refractivity contribution is 7.99. The summed E-state index contributed by atoms with van der Waals surface area (Å²) in [4.78, 5) is 1.43. The number of thiophene rings is 1. The molecule has 1 saturated heterocycles. The predicted molar refractivity (Wildman–Crippen MR) is 86.9 cm³/mol. The third-order valence-electron chi connectivity index (χ3n) is 3.52. The van der Waals surface area contributed by atoms with Crippen LogP contribution in [0.3, 0.4) is 0 Å². The minimum Gasteiger partial charge on any atom is -0.312 e. The molecule has 0 spiro atoms. The van der Waals surface area contributed by atoms with E-state index in [1.807, 2.05) is 11.3 Å². The molecular formula is C16H19NS2. The van der Waals surface area contributed by atoms with Crippen molar-refractivity contribution in [3.05, 3.63) is 46.7 Å². The fourth-order valence-electron chi connectivity index (χ4n) is 2.40. The van der Waals surface area contributed by atoms with E-state index in [0.29, 0.717) is 0 Å². The van der Waals surface area contributed by atoms with E-state index in [9.17, 15) is 0 Å². The highest BCUT2D eigenvalue weighted by atomic mass is 32.2. The zero-order valence-electron chi connectivity index (χ0n) is 11.0. The number of nitrogens with one attached hydrogen (secondary N) is 1. The van der Waals surface area contributed by atoms with E-state index >= 15 is 0 Å². The van der Waals surface area contributed by atoms with Crippen LogP contribution in [-0.2, 0) is 6.54 Å². The van der Waals surface area contributed by atoms with Gasteiger partial charge < -0.3 is 5.32 Å². The van der Waals surface area contributed by atoms with Gasteiger partial charge in [-0.3, -0.25) is 0 Å². The minimum atomic E-state index is 0.888. The summed E-state index contributed by atoms with van der Waals surface area (Å²) in [6.45, 7) is 2.18. The monoisotopic (exact) mass is 289 g/mol. The van der Waals surface area contributed by atoms with Crippen molar-refractivity contribution in [2.45, 2.75) is 13.0 Å². The molecule has 1 atom stereocenters. The maximum atomic E-state index is 3.61. The lowest BCUT2D eigenvalue weighted by molar-refractivity contribution is 0.525. The van der Waals surface area contributed by atoms with Crippen LogP contribution in [0.15, 0.2) is 41.8 Å². The molecule has 0 amide bonds. The van der Waals surface area contributed by atoms with Gasteiger partial charge in [0.2, 0.25) is 0 Å². The smallest absolute Gasteiger partial charge is 0.0300 e. The van der Waals surface area contributed by atoms with E-state index < -0.39 is 0 Å². The van der Waals surface area contributed by atoms with E-state index in [-0.39, 0.29) is 0 Å². The number of thioether (sulfide) groups is 1. The van der Waals surface area contributed by atoms with Crippen molar-refractivity contribution in [3.8, 4) is 11.1 Å². The van der Waals surface area contributed by atoms with Gasteiger partial charge in [0.15, 0.2) is 0 Å². The van der Waals surface area contributed by atoms with Gasteiger partial charge in [-0.25, -0.2) is 0 Å². The van der Waals surface area contributed by atoms with E-state index in [2.05, 4.69) is 58.9 Å². The molecule has 0 bridgehead atoms. The van der Waals surface area contributed by atoms with E-state index in [0.717, 1.165) is 12.5 Å². The summed E-state index contributed by atoms with van der Waals surface area (Å²) >= 11 is 3.95. The molecule has 0 aliphatic carbocycles. The van der Waals surface area contributed by atoms with Crippen molar-refractivity contribution in [2.75, 3.05) is 18.1 Å². The molecule has 0 radical (unpaired) electrons. The maximum absolute atomic E-state index is 3.61. The Hall–Kier alpha value is -0.770. The topological polar surface area (TPSA) is 12.0 Å². The average Bonchev–Trinajstić information content (AvgIpc) is 3.11. The molecule has 3 heteroatoms. The number of benzene rings is 1. The van der Waals surface area contributed by atoms with Gasteiger partial charge in [-0.2, -0.15) is 11.8 Å². The quantitative estimate of drug-likeness (QED) is 0.883. The Bertz CT molecular complexity index is 500. The third-order valence-corrected chi connectivity index (χ3v) is 5.69. The lowest BCUT2D eigenvalue weighted by Crippen LogP contribution is -2.21. The Labute approximate surface area is 123 Å². The Balaban J connectivity index is 1.53. The standard InChI is InChI=1S/C16H19NS2/c1-2-4-14(5-3-1)15-8-16(19-12-15)10-17-9-13-6-7-18-11-13/h1-5,8,12-13,17H,6-7,9-11H2. The molecule has 1 aromatic heterocycles. The van der Waals surface area contributed by atoms with Crippen molar-refractivity contribution in [3.63, 3.8) is 0 Å². The molecule has 2 aromatic rings. The molecular weight excluding hydrogens is 270 g/mol. The second kappa shape index (κ2) is 6.60. The number of hydrogen-bond donors (Lipinski definition) is 1. The zero-order valence-corrected chi connectivity index (χ0v) is 12.6. The van der Waals surface area contributed by atoms with Gasteiger partial charge in [-0.1, -0.05) is 30.3 Å². The Kier molecular flexibility index (Phi) is 4.59. The second-order valence-electron chi connectivity index (χ2n) is 5.03. The van der Waals surface area contributed by atoms with E-state index in [1.54, 1.807) is 0 Å². The predicted octanol–water partition coefficient (Wildman–Crippen LogP) is 4.26. The van der Waals surface area contributed by atoms with Crippen LogP contribution in [0.5, 0.6) is 0 Å². The lowest BCUT2D eigenvalue weighted by atomic mass is 10.1. The van der Waals surface area contributed by atoms with Gasteiger partial charge in [-0.15, -0.1) is 11.3 Å². The summed E-state index contributed by atoms with van der Waals surface area (Å²) < 4.78 is 0. The van der Waals surface area contributed by atoms with Crippen LogP contribution in [0.25, 0.3) is 11.1 Å². The maximum Gasteiger partial charge on any atom is 0.0300 e. The first-order chi connectivity index (χ1) is 9.42. The van der Waals surface area contributed by atoms with Crippen molar-refractivity contribution in [1.29, 1.82) is 0 Å². The number of rotatable bonds is 5. The molecule has 1 aliphatic rings. The van der Waals surface area contributed by atoms with Crippen LogP contribution in [-0.4, -0.2) is 18.1 Å². The Morgan fingerprint density at radius 2 is 2.05 bits per heavy atom. The minimum absolute atomic E-state index is 0.888. The average molecular weight is 289 g/mol. The molecule has 3 rings (SSSR count). The molecule has 2 heterocycles. The fraction of sp³-hybridized carbons (Fsp3) is 0.375. The summed E-state index contributed by atoms with van der Waals surface area (Å²) in [7, 11) is 0. The Morgan fingerprint density at radius 3 is 2.84 bits per heavy atom. The molecule has 19 heavy (non-hydrogen) atoms. The summed E-state index contributed by atoms with van der Waals surface area (Å²) in [6.07, 6.45) is 1.39. The van der Waals surface area contributed by atoms with Gasteiger partial charge in [0.25, 0.3) is 0 Å².